The highest BCUT2D eigenvalue weighted by atomic mass is 32.1. The van der Waals surface area contributed by atoms with Gasteiger partial charge >= 0.3 is 0 Å². The van der Waals surface area contributed by atoms with Crippen LogP contribution in [0.3, 0.4) is 0 Å². The molecule has 0 bridgehead atoms. The molecule has 0 spiro atoms. The SMILES string of the molecule is Cc1c(C(=O)Nc2ccccc2)sc2nc(C(c3ccccc3)c3ccccc3)[nH]c(=O)c12. The number of aromatic nitrogens is 2. The van der Waals surface area contributed by atoms with E-state index in [2.05, 4.69) is 10.3 Å². The van der Waals surface area contributed by atoms with E-state index >= 15 is 0 Å². The molecule has 0 unspecified atom stereocenters. The van der Waals surface area contributed by atoms with E-state index in [4.69, 9.17) is 4.98 Å². The van der Waals surface area contributed by atoms with Gasteiger partial charge in [-0.05, 0) is 35.7 Å². The summed E-state index contributed by atoms with van der Waals surface area (Å²) < 4.78 is 0. The van der Waals surface area contributed by atoms with Crippen LogP contribution < -0.4 is 10.9 Å². The van der Waals surface area contributed by atoms with Crippen LogP contribution in [0.1, 0.15) is 38.1 Å². The third-order valence-electron chi connectivity index (χ3n) is 5.60. The fourth-order valence-electron chi connectivity index (χ4n) is 4.02. The highest BCUT2D eigenvalue weighted by Crippen LogP contribution is 2.32. The van der Waals surface area contributed by atoms with Crippen LogP contribution >= 0.6 is 11.3 Å². The first-order chi connectivity index (χ1) is 16.1. The Kier molecular flexibility index (Phi) is 5.59. The van der Waals surface area contributed by atoms with Gasteiger partial charge in [0.1, 0.15) is 10.7 Å². The zero-order valence-corrected chi connectivity index (χ0v) is 18.7. The Morgan fingerprint density at radius 1 is 0.879 bits per heavy atom. The van der Waals surface area contributed by atoms with Gasteiger partial charge in [0, 0.05) is 5.69 Å². The number of hydrogen-bond donors (Lipinski definition) is 2. The number of nitrogens with one attached hydrogen (secondary N) is 2. The summed E-state index contributed by atoms with van der Waals surface area (Å²) in [5, 5.41) is 3.36. The average molecular weight is 452 g/mol. The van der Waals surface area contributed by atoms with Crippen molar-refractivity contribution in [2.24, 2.45) is 0 Å². The minimum atomic E-state index is -0.245. The molecule has 0 atom stereocenters. The van der Waals surface area contributed by atoms with Crippen molar-refractivity contribution in [1.29, 1.82) is 0 Å². The zero-order valence-electron chi connectivity index (χ0n) is 17.9. The van der Waals surface area contributed by atoms with Gasteiger partial charge in [-0.15, -0.1) is 11.3 Å². The first-order valence-electron chi connectivity index (χ1n) is 10.6. The van der Waals surface area contributed by atoms with E-state index in [1.807, 2.05) is 91.0 Å². The van der Waals surface area contributed by atoms with Gasteiger partial charge in [0.15, 0.2) is 0 Å². The van der Waals surface area contributed by atoms with Crippen LogP contribution in [0, 0.1) is 6.92 Å². The van der Waals surface area contributed by atoms with Crippen molar-refractivity contribution in [1.82, 2.24) is 9.97 Å². The summed E-state index contributed by atoms with van der Waals surface area (Å²) in [4.78, 5) is 35.0. The molecular weight excluding hydrogens is 430 g/mol. The van der Waals surface area contributed by atoms with Crippen molar-refractivity contribution >= 4 is 33.1 Å². The number of para-hydroxylation sites is 1. The van der Waals surface area contributed by atoms with Crippen molar-refractivity contribution in [3.8, 4) is 0 Å². The summed E-state index contributed by atoms with van der Waals surface area (Å²) in [6, 6.07) is 29.2. The molecule has 0 aliphatic heterocycles. The Balaban J connectivity index is 1.61. The summed E-state index contributed by atoms with van der Waals surface area (Å²) >= 11 is 1.24. The van der Waals surface area contributed by atoms with Gasteiger partial charge in [0.25, 0.3) is 11.5 Å². The number of rotatable bonds is 5. The number of benzene rings is 3. The maximum absolute atomic E-state index is 13.2. The molecule has 2 heterocycles. The molecule has 0 saturated carbocycles. The molecule has 1 amide bonds. The molecule has 5 rings (SSSR count). The summed E-state index contributed by atoms with van der Waals surface area (Å²) in [5.41, 5.74) is 3.16. The molecule has 0 radical (unpaired) electrons. The second-order valence-electron chi connectivity index (χ2n) is 7.76. The van der Waals surface area contributed by atoms with Gasteiger partial charge in [-0.2, -0.15) is 0 Å². The van der Waals surface area contributed by atoms with E-state index < -0.39 is 0 Å². The average Bonchev–Trinajstić information content (AvgIpc) is 3.18. The normalized spacial score (nSPS) is 11.1. The van der Waals surface area contributed by atoms with Gasteiger partial charge in [-0.1, -0.05) is 78.9 Å². The molecule has 6 heteroatoms. The van der Waals surface area contributed by atoms with E-state index in [0.717, 1.165) is 11.1 Å². The Morgan fingerprint density at radius 2 is 1.42 bits per heavy atom. The number of carbonyl (C=O) groups excluding carboxylic acids is 1. The molecule has 5 aromatic rings. The number of anilines is 1. The number of carbonyl (C=O) groups is 1. The molecule has 33 heavy (non-hydrogen) atoms. The van der Waals surface area contributed by atoms with Crippen molar-refractivity contribution in [2.45, 2.75) is 12.8 Å². The number of H-pyrrole nitrogens is 1. The standard InChI is InChI=1S/C27H21N3O2S/c1-17-21-25(31)29-24(22(18-11-5-2-6-12-18)19-13-7-3-8-14-19)30-27(21)33-23(17)26(32)28-20-15-9-4-10-16-20/h2-16,22H,1H3,(H,28,32)(H,29,30,31). The second kappa shape index (κ2) is 8.84. The van der Waals surface area contributed by atoms with E-state index in [9.17, 15) is 9.59 Å². The molecular formula is C27H21N3O2S. The smallest absolute Gasteiger partial charge is 0.266 e. The van der Waals surface area contributed by atoms with Crippen molar-refractivity contribution in [3.05, 3.63) is 129 Å². The highest BCUT2D eigenvalue weighted by molar-refractivity contribution is 7.20. The Bertz CT molecular complexity index is 1440. The lowest BCUT2D eigenvalue weighted by Gasteiger charge is -2.17. The van der Waals surface area contributed by atoms with Crippen molar-refractivity contribution in [3.63, 3.8) is 0 Å². The number of fused-ring (bicyclic) bond motifs is 1. The quantitative estimate of drug-likeness (QED) is 0.359. The molecule has 0 saturated heterocycles. The molecule has 0 fully saturated rings. The predicted octanol–water partition coefficient (Wildman–Crippen LogP) is 5.73. The number of aromatic amines is 1. The van der Waals surface area contributed by atoms with Gasteiger partial charge < -0.3 is 10.3 Å². The molecule has 162 valence electrons. The maximum atomic E-state index is 13.2. The fraction of sp³-hybridized carbons (Fsp3) is 0.0741. The van der Waals surface area contributed by atoms with Crippen LogP contribution in [0.15, 0.2) is 95.8 Å². The van der Waals surface area contributed by atoms with Gasteiger partial charge in [-0.3, -0.25) is 9.59 Å². The summed E-state index contributed by atoms with van der Waals surface area (Å²) in [6.45, 7) is 1.79. The zero-order chi connectivity index (χ0) is 22.8. The molecule has 2 N–H and O–H groups in total. The number of hydrogen-bond acceptors (Lipinski definition) is 4. The van der Waals surface area contributed by atoms with Crippen LogP contribution in [0.2, 0.25) is 0 Å². The van der Waals surface area contributed by atoms with Crippen LogP contribution in [-0.4, -0.2) is 15.9 Å². The van der Waals surface area contributed by atoms with Gasteiger partial charge in [0.2, 0.25) is 0 Å². The summed E-state index contributed by atoms with van der Waals surface area (Å²) in [5.74, 6) is 0.0833. The number of thiophene rings is 1. The minimum Gasteiger partial charge on any atom is -0.321 e. The lowest BCUT2D eigenvalue weighted by molar-refractivity contribution is 0.103. The molecule has 5 nitrogen and oxygen atoms in total. The summed E-state index contributed by atoms with van der Waals surface area (Å²) in [7, 11) is 0. The number of nitrogens with zero attached hydrogens (tertiary/aromatic N) is 1. The van der Waals surface area contributed by atoms with Gasteiger partial charge in [-0.25, -0.2) is 4.98 Å². The van der Waals surface area contributed by atoms with Crippen LogP contribution in [0.5, 0.6) is 0 Å². The minimum absolute atomic E-state index is 0.228. The van der Waals surface area contributed by atoms with E-state index in [1.54, 1.807) is 6.92 Å². The van der Waals surface area contributed by atoms with E-state index in [-0.39, 0.29) is 17.4 Å². The maximum Gasteiger partial charge on any atom is 0.266 e. The Hall–Kier alpha value is -4.03. The number of amides is 1. The predicted molar refractivity (Wildman–Crippen MR) is 133 cm³/mol. The lowest BCUT2D eigenvalue weighted by atomic mass is 9.90. The molecule has 0 aliphatic rings. The van der Waals surface area contributed by atoms with Crippen LogP contribution in [0.25, 0.3) is 10.2 Å². The summed E-state index contributed by atoms with van der Waals surface area (Å²) in [6.07, 6.45) is 0. The van der Waals surface area contributed by atoms with Gasteiger partial charge in [0.05, 0.1) is 16.2 Å². The second-order valence-corrected chi connectivity index (χ2v) is 8.76. The first-order valence-corrected chi connectivity index (χ1v) is 11.4. The molecule has 0 aliphatic carbocycles. The number of aryl methyl sites for hydroxylation is 1. The van der Waals surface area contributed by atoms with E-state index in [1.165, 1.54) is 11.3 Å². The fourth-order valence-corrected chi connectivity index (χ4v) is 5.11. The lowest BCUT2D eigenvalue weighted by Crippen LogP contribution is -2.16. The molecule has 3 aromatic carbocycles. The van der Waals surface area contributed by atoms with E-state index in [0.29, 0.717) is 32.2 Å². The molecule has 2 aromatic heterocycles. The largest absolute Gasteiger partial charge is 0.321 e. The third-order valence-corrected chi connectivity index (χ3v) is 6.78. The Morgan fingerprint density at radius 3 is 2.00 bits per heavy atom. The first kappa shape index (κ1) is 20.8. The highest BCUT2D eigenvalue weighted by Gasteiger charge is 2.24. The van der Waals surface area contributed by atoms with Crippen molar-refractivity contribution in [2.75, 3.05) is 5.32 Å². The monoisotopic (exact) mass is 451 g/mol. The van der Waals surface area contributed by atoms with Crippen LogP contribution in [-0.2, 0) is 0 Å². The third kappa shape index (κ3) is 4.08. The van der Waals surface area contributed by atoms with Crippen molar-refractivity contribution < 1.29 is 4.79 Å². The topological polar surface area (TPSA) is 74.8 Å². The Labute approximate surface area is 194 Å². The van der Waals surface area contributed by atoms with Crippen LogP contribution in [0.4, 0.5) is 5.69 Å².